The molecule has 2 heterocycles. The summed E-state index contributed by atoms with van der Waals surface area (Å²) < 4.78 is 0. The molecule has 0 saturated carbocycles. The van der Waals surface area contributed by atoms with E-state index in [1.165, 1.54) is 0 Å². The summed E-state index contributed by atoms with van der Waals surface area (Å²) in [5, 5.41) is 0. The van der Waals surface area contributed by atoms with Crippen LogP contribution in [0.1, 0.15) is 31.3 Å². The molecular formula is C12H20N4. The Morgan fingerprint density at radius 2 is 2.31 bits per heavy atom. The van der Waals surface area contributed by atoms with E-state index < -0.39 is 0 Å². The van der Waals surface area contributed by atoms with Gasteiger partial charge in [-0.15, -0.1) is 0 Å². The summed E-state index contributed by atoms with van der Waals surface area (Å²) in [6, 6.07) is 2.34. The summed E-state index contributed by atoms with van der Waals surface area (Å²) in [6.07, 6.45) is 3.17. The van der Waals surface area contributed by atoms with Gasteiger partial charge in [0.25, 0.3) is 0 Å². The molecule has 0 aliphatic carbocycles. The second-order valence-electron chi connectivity index (χ2n) is 4.49. The minimum Gasteiger partial charge on any atom is -0.355 e. The standard InChI is InChI=1S/C12H20N4/c1-3-11-14-9(2)7-12(15-11)16-6-4-5-10(13)8-16/h7,10H,3-6,8,13H2,1-2H3. The van der Waals surface area contributed by atoms with E-state index in [-0.39, 0.29) is 6.04 Å². The summed E-state index contributed by atoms with van der Waals surface area (Å²) in [5.74, 6) is 1.97. The van der Waals surface area contributed by atoms with Gasteiger partial charge >= 0.3 is 0 Å². The highest BCUT2D eigenvalue weighted by Crippen LogP contribution is 2.18. The van der Waals surface area contributed by atoms with Crippen molar-refractivity contribution >= 4 is 5.82 Å². The van der Waals surface area contributed by atoms with Crippen molar-refractivity contribution in [1.82, 2.24) is 9.97 Å². The minimum absolute atomic E-state index is 0.286. The van der Waals surface area contributed by atoms with Gasteiger partial charge in [0.05, 0.1) is 0 Å². The monoisotopic (exact) mass is 220 g/mol. The highest BCUT2D eigenvalue weighted by atomic mass is 15.2. The van der Waals surface area contributed by atoms with Gasteiger partial charge in [-0.3, -0.25) is 0 Å². The predicted molar refractivity (Wildman–Crippen MR) is 65.6 cm³/mol. The maximum Gasteiger partial charge on any atom is 0.132 e. The molecule has 88 valence electrons. The van der Waals surface area contributed by atoms with Crippen LogP contribution in [0.3, 0.4) is 0 Å². The Morgan fingerprint density at radius 1 is 1.50 bits per heavy atom. The Hall–Kier alpha value is -1.16. The first-order valence-corrected chi connectivity index (χ1v) is 6.04. The van der Waals surface area contributed by atoms with E-state index in [9.17, 15) is 0 Å². The van der Waals surface area contributed by atoms with Gasteiger partial charge < -0.3 is 10.6 Å². The van der Waals surface area contributed by atoms with Gasteiger partial charge in [-0.05, 0) is 19.8 Å². The van der Waals surface area contributed by atoms with E-state index in [0.29, 0.717) is 0 Å². The van der Waals surface area contributed by atoms with Crippen LogP contribution in [0.15, 0.2) is 6.07 Å². The van der Waals surface area contributed by atoms with E-state index in [1.54, 1.807) is 0 Å². The molecule has 1 fully saturated rings. The zero-order chi connectivity index (χ0) is 11.5. The SMILES string of the molecule is CCc1nc(C)cc(N2CCCC(N)C2)n1. The lowest BCUT2D eigenvalue weighted by molar-refractivity contribution is 0.502. The topological polar surface area (TPSA) is 55.0 Å². The van der Waals surface area contributed by atoms with E-state index >= 15 is 0 Å². The fraction of sp³-hybridized carbons (Fsp3) is 0.667. The number of aryl methyl sites for hydroxylation is 2. The van der Waals surface area contributed by atoms with E-state index in [1.807, 2.05) is 6.92 Å². The van der Waals surface area contributed by atoms with Crippen molar-refractivity contribution in [3.8, 4) is 0 Å². The van der Waals surface area contributed by atoms with Gasteiger partial charge in [0.1, 0.15) is 11.6 Å². The van der Waals surface area contributed by atoms with Crippen LogP contribution in [0.25, 0.3) is 0 Å². The van der Waals surface area contributed by atoms with Crippen molar-refractivity contribution in [3.05, 3.63) is 17.6 Å². The second kappa shape index (κ2) is 4.78. The zero-order valence-corrected chi connectivity index (χ0v) is 10.1. The van der Waals surface area contributed by atoms with Crippen molar-refractivity contribution in [1.29, 1.82) is 0 Å². The number of anilines is 1. The lowest BCUT2D eigenvalue weighted by Gasteiger charge is -2.31. The third-order valence-corrected chi connectivity index (χ3v) is 2.99. The number of nitrogens with zero attached hydrogens (tertiary/aromatic N) is 3. The molecule has 2 N–H and O–H groups in total. The van der Waals surface area contributed by atoms with Crippen LogP contribution >= 0.6 is 0 Å². The molecule has 1 atom stereocenters. The first-order valence-electron chi connectivity index (χ1n) is 6.04. The van der Waals surface area contributed by atoms with Gasteiger partial charge in [0.15, 0.2) is 0 Å². The molecule has 0 amide bonds. The van der Waals surface area contributed by atoms with Crippen molar-refractivity contribution < 1.29 is 0 Å². The first kappa shape index (κ1) is 11.3. The van der Waals surface area contributed by atoms with E-state index in [2.05, 4.69) is 27.9 Å². The number of piperidine rings is 1. The third kappa shape index (κ3) is 2.50. The van der Waals surface area contributed by atoms with Crippen LogP contribution in [0, 0.1) is 6.92 Å². The second-order valence-corrected chi connectivity index (χ2v) is 4.49. The van der Waals surface area contributed by atoms with Gasteiger partial charge in [0, 0.05) is 37.3 Å². The summed E-state index contributed by atoms with van der Waals surface area (Å²) in [4.78, 5) is 11.2. The van der Waals surface area contributed by atoms with Gasteiger partial charge in [-0.2, -0.15) is 0 Å². The average Bonchev–Trinajstić information content (AvgIpc) is 2.28. The molecule has 1 aliphatic heterocycles. The molecule has 4 nitrogen and oxygen atoms in total. The highest BCUT2D eigenvalue weighted by Gasteiger charge is 2.18. The third-order valence-electron chi connectivity index (χ3n) is 2.99. The fourth-order valence-electron chi connectivity index (χ4n) is 2.15. The number of hydrogen-bond acceptors (Lipinski definition) is 4. The van der Waals surface area contributed by atoms with E-state index in [4.69, 9.17) is 5.73 Å². The Bertz CT molecular complexity index is 364. The lowest BCUT2D eigenvalue weighted by atomic mass is 10.1. The molecule has 0 aromatic carbocycles. The molecule has 0 bridgehead atoms. The molecule has 1 aromatic rings. The number of rotatable bonds is 2. The Balaban J connectivity index is 2.21. The molecule has 0 spiro atoms. The normalized spacial score (nSPS) is 21.2. The molecular weight excluding hydrogens is 200 g/mol. The molecule has 1 aromatic heterocycles. The maximum atomic E-state index is 5.99. The van der Waals surface area contributed by atoms with Crippen LogP contribution in [0.2, 0.25) is 0 Å². The van der Waals surface area contributed by atoms with Gasteiger partial charge in [-0.1, -0.05) is 6.92 Å². The maximum absolute atomic E-state index is 5.99. The first-order chi connectivity index (χ1) is 7.69. The fourth-order valence-corrected chi connectivity index (χ4v) is 2.15. The number of nitrogens with two attached hydrogens (primary N) is 1. The molecule has 0 radical (unpaired) electrons. The van der Waals surface area contributed by atoms with Crippen molar-refractivity contribution in [2.75, 3.05) is 18.0 Å². The molecule has 1 saturated heterocycles. The van der Waals surface area contributed by atoms with Gasteiger partial charge in [-0.25, -0.2) is 9.97 Å². The summed E-state index contributed by atoms with van der Waals surface area (Å²) >= 11 is 0. The van der Waals surface area contributed by atoms with Crippen molar-refractivity contribution in [2.45, 2.75) is 39.2 Å². The zero-order valence-electron chi connectivity index (χ0n) is 10.1. The minimum atomic E-state index is 0.286. The quantitative estimate of drug-likeness (QED) is 0.815. The van der Waals surface area contributed by atoms with Crippen LogP contribution in [0.4, 0.5) is 5.82 Å². The molecule has 16 heavy (non-hydrogen) atoms. The molecule has 2 rings (SSSR count). The number of aromatic nitrogens is 2. The van der Waals surface area contributed by atoms with Crippen molar-refractivity contribution in [3.63, 3.8) is 0 Å². The van der Waals surface area contributed by atoms with Crippen molar-refractivity contribution in [2.24, 2.45) is 5.73 Å². The summed E-state index contributed by atoms with van der Waals surface area (Å²) in [5.41, 5.74) is 7.03. The molecule has 4 heteroatoms. The van der Waals surface area contributed by atoms with Crippen LogP contribution in [-0.4, -0.2) is 29.1 Å². The average molecular weight is 220 g/mol. The van der Waals surface area contributed by atoms with Crippen LogP contribution in [-0.2, 0) is 6.42 Å². The predicted octanol–water partition coefficient (Wildman–Crippen LogP) is 1.27. The Kier molecular flexibility index (Phi) is 3.39. The Morgan fingerprint density at radius 3 is 3.00 bits per heavy atom. The van der Waals surface area contributed by atoms with Crippen LogP contribution in [0.5, 0.6) is 0 Å². The van der Waals surface area contributed by atoms with E-state index in [0.717, 1.165) is 49.7 Å². The van der Waals surface area contributed by atoms with Crippen LogP contribution < -0.4 is 10.6 Å². The molecule has 1 aliphatic rings. The number of hydrogen-bond donors (Lipinski definition) is 1. The van der Waals surface area contributed by atoms with Gasteiger partial charge in [0.2, 0.25) is 0 Å². The highest BCUT2D eigenvalue weighted by molar-refractivity contribution is 5.40. The largest absolute Gasteiger partial charge is 0.355 e. The smallest absolute Gasteiger partial charge is 0.132 e. The molecule has 1 unspecified atom stereocenters. The summed E-state index contributed by atoms with van der Waals surface area (Å²) in [7, 11) is 0. The summed E-state index contributed by atoms with van der Waals surface area (Å²) in [6.45, 7) is 6.08. The lowest BCUT2D eigenvalue weighted by Crippen LogP contribution is -2.43. The Labute approximate surface area is 96.9 Å².